The smallest absolute Gasteiger partial charge is 0.138 e. The van der Waals surface area contributed by atoms with Crippen molar-refractivity contribution in [3.63, 3.8) is 0 Å². The lowest BCUT2D eigenvalue weighted by atomic mass is 10.2. The molecule has 3 heterocycles. The van der Waals surface area contributed by atoms with E-state index >= 15 is 0 Å². The Kier molecular flexibility index (Phi) is 1.28. The van der Waals surface area contributed by atoms with E-state index in [1.165, 1.54) is 0 Å². The number of nitrogens with one attached hydrogen (secondary N) is 1. The van der Waals surface area contributed by atoms with Crippen LogP contribution in [0.25, 0.3) is 21.9 Å². The topological polar surface area (TPSA) is 67.6 Å². The van der Waals surface area contributed by atoms with Crippen molar-refractivity contribution in [2.45, 2.75) is 0 Å². The lowest BCUT2D eigenvalue weighted by Gasteiger charge is -1.91. The van der Waals surface area contributed by atoms with Crippen LogP contribution in [0.1, 0.15) is 0 Å². The molecule has 0 aliphatic heterocycles. The van der Waals surface area contributed by atoms with Crippen molar-refractivity contribution >= 4 is 27.8 Å². The number of hydrogen-bond acceptors (Lipinski definition) is 3. The number of aromatic amines is 1. The average molecular weight is 184 g/mol. The summed E-state index contributed by atoms with van der Waals surface area (Å²) in [6.45, 7) is 0. The molecular weight excluding hydrogens is 176 g/mol. The van der Waals surface area contributed by atoms with Gasteiger partial charge in [-0.3, -0.25) is 0 Å². The van der Waals surface area contributed by atoms with Gasteiger partial charge in [-0.1, -0.05) is 0 Å². The third kappa shape index (κ3) is 0.877. The molecule has 3 aromatic heterocycles. The number of nitrogens with two attached hydrogens (primary N) is 1. The first-order valence-electron chi connectivity index (χ1n) is 4.32. The minimum Gasteiger partial charge on any atom is -0.384 e. The fourth-order valence-electron chi connectivity index (χ4n) is 1.64. The van der Waals surface area contributed by atoms with Crippen molar-refractivity contribution in [2.24, 2.45) is 0 Å². The Bertz CT molecular complexity index is 612. The molecule has 0 spiro atoms. The van der Waals surface area contributed by atoms with Gasteiger partial charge in [0.25, 0.3) is 0 Å². The van der Waals surface area contributed by atoms with Gasteiger partial charge in [0.15, 0.2) is 0 Å². The molecular formula is C10H8N4. The lowest BCUT2D eigenvalue weighted by molar-refractivity contribution is 1.32. The number of aromatic nitrogens is 3. The van der Waals surface area contributed by atoms with E-state index in [1.807, 2.05) is 18.2 Å². The van der Waals surface area contributed by atoms with Gasteiger partial charge in [-0.2, -0.15) is 0 Å². The molecule has 0 amide bonds. The number of hydrogen-bond donors (Lipinski definition) is 2. The van der Waals surface area contributed by atoms with E-state index in [1.54, 1.807) is 12.4 Å². The van der Waals surface area contributed by atoms with Crippen LogP contribution in [0.2, 0.25) is 0 Å². The fraction of sp³-hybridized carbons (Fsp3) is 0. The fourth-order valence-corrected chi connectivity index (χ4v) is 1.64. The van der Waals surface area contributed by atoms with Gasteiger partial charge in [-0.05, 0) is 18.2 Å². The first kappa shape index (κ1) is 7.32. The van der Waals surface area contributed by atoms with Crippen molar-refractivity contribution < 1.29 is 0 Å². The second-order valence-electron chi connectivity index (χ2n) is 3.18. The monoisotopic (exact) mass is 184 g/mol. The minimum atomic E-state index is 0.530. The van der Waals surface area contributed by atoms with Crippen LogP contribution < -0.4 is 5.73 Å². The van der Waals surface area contributed by atoms with Crippen LogP contribution in [-0.4, -0.2) is 15.0 Å². The molecule has 0 aliphatic rings. The molecule has 4 nitrogen and oxygen atoms in total. The first-order chi connectivity index (χ1) is 6.84. The molecule has 0 unspecified atom stereocenters. The van der Waals surface area contributed by atoms with Gasteiger partial charge in [-0.15, -0.1) is 0 Å². The van der Waals surface area contributed by atoms with E-state index in [4.69, 9.17) is 5.73 Å². The number of rotatable bonds is 0. The van der Waals surface area contributed by atoms with Crippen LogP contribution in [0, 0.1) is 0 Å². The third-order valence-electron chi connectivity index (χ3n) is 2.28. The standard InChI is InChI=1S/C10H8N4/c11-9-4-7-6-2-1-3-12-10(6)14-8(7)5-13-9/h1-5H,(H2,11,13)(H,12,14). The molecule has 0 fully saturated rings. The number of H-pyrrole nitrogens is 1. The molecule has 0 saturated carbocycles. The third-order valence-corrected chi connectivity index (χ3v) is 2.28. The van der Waals surface area contributed by atoms with Gasteiger partial charge in [-0.25, -0.2) is 9.97 Å². The summed E-state index contributed by atoms with van der Waals surface area (Å²) in [6, 6.07) is 5.78. The largest absolute Gasteiger partial charge is 0.384 e. The molecule has 0 radical (unpaired) electrons. The molecule has 0 bridgehead atoms. The molecule has 4 heteroatoms. The highest BCUT2D eigenvalue weighted by Crippen LogP contribution is 2.23. The number of fused-ring (bicyclic) bond motifs is 3. The number of pyridine rings is 2. The summed E-state index contributed by atoms with van der Waals surface area (Å²) in [7, 11) is 0. The maximum absolute atomic E-state index is 5.63. The van der Waals surface area contributed by atoms with Gasteiger partial charge in [0, 0.05) is 17.0 Å². The summed E-state index contributed by atoms with van der Waals surface area (Å²) in [5.74, 6) is 0.530. The summed E-state index contributed by atoms with van der Waals surface area (Å²) < 4.78 is 0. The molecule has 3 N–H and O–H groups in total. The highest BCUT2D eigenvalue weighted by atomic mass is 14.9. The van der Waals surface area contributed by atoms with Crippen molar-refractivity contribution in [2.75, 3.05) is 5.73 Å². The zero-order valence-electron chi connectivity index (χ0n) is 7.36. The molecule has 0 aromatic carbocycles. The minimum absolute atomic E-state index is 0.530. The van der Waals surface area contributed by atoms with Crippen molar-refractivity contribution in [1.29, 1.82) is 0 Å². The van der Waals surface area contributed by atoms with Crippen LogP contribution in [0.3, 0.4) is 0 Å². The average Bonchev–Trinajstić information content (AvgIpc) is 2.56. The van der Waals surface area contributed by atoms with Crippen LogP contribution in [0.4, 0.5) is 5.82 Å². The van der Waals surface area contributed by atoms with Gasteiger partial charge in [0.05, 0.1) is 11.7 Å². The first-order valence-corrected chi connectivity index (χ1v) is 4.32. The zero-order valence-corrected chi connectivity index (χ0v) is 7.36. The Balaban J connectivity index is 2.58. The van der Waals surface area contributed by atoms with E-state index in [0.29, 0.717) is 5.82 Å². The van der Waals surface area contributed by atoms with Crippen molar-refractivity contribution in [3.05, 3.63) is 30.6 Å². The molecule has 3 rings (SSSR count). The predicted molar refractivity (Wildman–Crippen MR) is 55.8 cm³/mol. The summed E-state index contributed by atoms with van der Waals surface area (Å²) in [4.78, 5) is 11.4. The summed E-state index contributed by atoms with van der Waals surface area (Å²) in [5, 5.41) is 2.15. The van der Waals surface area contributed by atoms with E-state index in [9.17, 15) is 0 Å². The Morgan fingerprint density at radius 2 is 2.14 bits per heavy atom. The Labute approximate surface area is 79.8 Å². The van der Waals surface area contributed by atoms with Gasteiger partial charge >= 0.3 is 0 Å². The second-order valence-corrected chi connectivity index (χ2v) is 3.18. The highest BCUT2D eigenvalue weighted by Gasteiger charge is 2.04. The van der Waals surface area contributed by atoms with Crippen LogP contribution >= 0.6 is 0 Å². The quantitative estimate of drug-likeness (QED) is 0.558. The zero-order chi connectivity index (χ0) is 9.54. The maximum Gasteiger partial charge on any atom is 0.138 e. The summed E-state index contributed by atoms with van der Waals surface area (Å²) >= 11 is 0. The predicted octanol–water partition coefficient (Wildman–Crippen LogP) is 1.69. The summed E-state index contributed by atoms with van der Waals surface area (Å²) in [6.07, 6.45) is 3.49. The number of nitrogen functional groups attached to an aromatic ring is 1. The molecule has 0 aliphatic carbocycles. The van der Waals surface area contributed by atoms with E-state index in [2.05, 4.69) is 15.0 Å². The molecule has 3 aromatic rings. The normalized spacial score (nSPS) is 11.1. The van der Waals surface area contributed by atoms with Crippen molar-refractivity contribution in [1.82, 2.24) is 15.0 Å². The number of anilines is 1. The van der Waals surface area contributed by atoms with Crippen LogP contribution in [-0.2, 0) is 0 Å². The molecule has 0 saturated heterocycles. The summed E-state index contributed by atoms with van der Waals surface area (Å²) in [5.41, 5.74) is 7.46. The number of nitrogens with zero attached hydrogens (tertiary/aromatic N) is 2. The second kappa shape index (κ2) is 2.45. The van der Waals surface area contributed by atoms with E-state index < -0.39 is 0 Å². The van der Waals surface area contributed by atoms with Crippen LogP contribution in [0.5, 0.6) is 0 Å². The van der Waals surface area contributed by atoms with E-state index in [-0.39, 0.29) is 0 Å². The van der Waals surface area contributed by atoms with Gasteiger partial charge < -0.3 is 10.7 Å². The van der Waals surface area contributed by atoms with E-state index in [0.717, 1.165) is 21.9 Å². The maximum atomic E-state index is 5.63. The van der Waals surface area contributed by atoms with Gasteiger partial charge in [0.1, 0.15) is 11.5 Å². The van der Waals surface area contributed by atoms with Gasteiger partial charge in [0.2, 0.25) is 0 Å². The molecule has 14 heavy (non-hydrogen) atoms. The van der Waals surface area contributed by atoms with Crippen molar-refractivity contribution in [3.8, 4) is 0 Å². The Morgan fingerprint density at radius 3 is 3.07 bits per heavy atom. The molecule has 0 atom stereocenters. The highest BCUT2D eigenvalue weighted by molar-refractivity contribution is 6.06. The molecule has 68 valence electrons. The van der Waals surface area contributed by atoms with Crippen LogP contribution in [0.15, 0.2) is 30.6 Å². The Hall–Kier alpha value is -2.10. The SMILES string of the molecule is Nc1cc2c(cn1)[nH]c1ncccc12. The Morgan fingerprint density at radius 1 is 1.21 bits per heavy atom. The lowest BCUT2D eigenvalue weighted by Crippen LogP contribution is -1.87.